The molecule has 0 radical (unpaired) electrons. The fourth-order valence-corrected chi connectivity index (χ4v) is 2.11. The molecule has 1 atom stereocenters. The van der Waals surface area contributed by atoms with Crippen molar-refractivity contribution < 1.29 is 9.84 Å². The number of aliphatic hydroxyl groups excluding tert-OH is 1. The van der Waals surface area contributed by atoms with Gasteiger partial charge in [0.25, 0.3) is 0 Å². The van der Waals surface area contributed by atoms with Gasteiger partial charge in [-0.15, -0.1) is 11.6 Å². The van der Waals surface area contributed by atoms with E-state index < -0.39 is 6.10 Å². The highest BCUT2D eigenvalue weighted by Crippen LogP contribution is 2.35. The van der Waals surface area contributed by atoms with Gasteiger partial charge in [-0.3, -0.25) is 0 Å². The van der Waals surface area contributed by atoms with E-state index in [1.165, 1.54) is 0 Å². The van der Waals surface area contributed by atoms with E-state index >= 15 is 0 Å². The smallest absolute Gasteiger partial charge is 0.150 e. The zero-order valence-electron chi connectivity index (χ0n) is 11.0. The molecule has 1 unspecified atom stereocenters. The lowest BCUT2D eigenvalue weighted by atomic mass is 10.2. The van der Waals surface area contributed by atoms with E-state index in [-0.39, 0.29) is 5.88 Å². The number of alkyl halides is 1. The van der Waals surface area contributed by atoms with Crippen molar-refractivity contribution in [1.29, 1.82) is 0 Å². The van der Waals surface area contributed by atoms with Crippen molar-refractivity contribution in [3.63, 3.8) is 0 Å². The Morgan fingerprint density at radius 2 is 1.86 bits per heavy atom. The summed E-state index contributed by atoms with van der Waals surface area (Å²) in [5, 5.41) is 13.7. The Balaban J connectivity index is 2.20. The van der Waals surface area contributed by atoms with Crippen molar-refractivity contribution in [1.82, 2.24) is 0 Å². The SMILES string of the molecule is OC(CCl)CNc1cc(Cl)ccc1Oc1ccccc1Cl. The third kappa shape index (κ3) is 4.68. The topological polar surface area (TPSA) is 41.5 Å². The molecule has 0 aliphatic rings. The average molecular weight is 347 g/mol. The Hall–Kier alpha value is -1.13. The van der Waals surface area contributed by atoms with Gasteiger partial charge in [0.1, 0.15) is 5.75 Å². The number of ether oxygens (including phenoxy) is 1. The number of benzene rings is 2. The van der Waals surface area contributed by atoms with Crippen LogP contribution in [0, 0.1) is 0 Å². The predicted molar refractivity (Wildman–Crippen MR) is 88.2 cm³/mol. The van der Waals surface area contributed by atoms with Gasteiger partial charge in [-0.1, -0.05) is 35.3 Å². The maximum Gasteiger partial charge on any atom is 0.150 e. The van der Waals surface area contributed by atoms with E-state index in [9.17, 15) is 5.11 Å². The number of hydrogen-bond acceptors (Lipinski definition) is 3. The lowest BCUT2D eigenvalue weighted by Gasteiger charge is -2.15. The molecule has 21 heavy (non-hydrogen) atoms. The molecule has 0 saturated carbocycles. The second-order valence-corrected chi connectivity index (χ2v) is 5.51. The number of aliphatic hydroxyl groups is 1. The van der Waals surface area contributed by atoms with Crippen LogP contribution in [0.2, 0.25) is 10.0 Å². The van der Waals surface area contributed by atoms with Gasteiger partial charge in [0.15, 0.2) is 5.75 Å². The van der Waals surface area contributed by atoms with Gasteiger partial charge in [0.05, 0.1) is 22.7 Å². The molecular weight excluding hydrogens is 333 g/mol. The van der Waals surface area contributed by atoms with Gasteiger partial charge >= 0.3 is 0 Å². The Kier molecular flexibility index (Phi) is 6.00. The molecule has 2 aromatic carbocycles. The fraction of sp³-hybridized carbons (Fsp3) is 0.200. The molecule has 0 saturated heterocycles. The number of halogens is 3. The standard InChI is InChI=1S/C15H14Cl3NO2/c16-8-11(20)9-19-13-7-10(17)5-6-15(13)21-14-4-2-1-3-12(14)18/h1-7,11,19-20H,8-9H2. The van der Waals surface area contributed by atoms with Crippen molar-refractivity contribution >= 4 is 40.5 Å². The van der Waals surface area contributed by atoms with Crippen LogP contribution in [0.5, 0.6) is 11.5 Å². The molecule has 112 valence electrons. The first-order valence-electron chi connectivity index (χ1n) is 6.30. The zero-order chi connectivity index (χ0) is 15.2. The van der Waals surface area contributed by atoms with Gasteiger partial charge in [-0.25, -0.2) is 0 Å². The summed E-state index contributed by atoms with van der Waals surface area (Å²) in [4.78, 5) is 0. The minimum Gasteiger partial charge on any atom is -0.454 e. The molecule has 0 amide bonds. The van der Waals surface area contributed by atoms with Crippen LogP contribution in [0.25, 0.3) is 0 Å². The van der Waals surface area contributed by atoms with Crippen LogP contribution in [-0.2, 0) is 0 Å². The molecule has 6 heteroatoms. The van der Waals surface area contributed by atoms with Gasteiger partial charge in [0, 0.05) is 11.6 Å². The lowest BCUT2D eigenvalue weighted by molar-refractivity contribution is 0.211. The van der Waals surface area contributed by atoms with E-state index in [4.69, 9.17) is 39.5 Å². The Morgan fingerprint density at radius 3 is 2.57 bits per heavy atom. The second kappa shape index (κ2) is 7.76. The Bertz CT molecular complexity index is 607. The normalized spacial score (nSPS) is 12.0. The Morgan fingerprint density at radius 1 is 1.10 bits per heavy atom. The molecule has 0 aliphatic heterocycles. The van der Waals surface area contributed by atoms with Crippen LogP contribution >= 0.6 is 34.8 Å². The highest BCUT2D eigenvalue weighted by atomic mass is 35.5. The van der Waals surface area contributed by atoms with Gasteiger partial charge in [0.2, 0.25) is 0 Å². The third-order valence-electron chi connectivity index (χ3n) is 2.70. The maximum absolute atomic E-state index is 9.52. The number of rotatable bonds is 6. The molecule has 0 aromatic heterocycles. The minimum atomic E-state index is -0.654. The lowest BCUT2D eigenvalue weighted by Crippen LogP contribution is -2.20. The van der Waals surface area contributed by atoms with Gasteiger partial charge < -0.3 is 15.2 Å². The van der Waals surface area contributed by atoms with E-state index in [1.54, 1.807) is 30.3 Å². The van der Waals surface area contributed by atoms with Crippen LogP contribution < -0.4 is 10.1 Å². The van der Waals surface area contributed by atoms with Crippen LogP contribution in [-0.4, -0.2) is 23.6 Å². The van der Waals surface area contributed by atoms with Crippen LogP contribution in [0.3, 0.4) is 0 Å². The third-order valence-corrected chi connectivity index (χ3v) is 3.61. The predicted octanol–water partition coefficient (Wildman–Crippen LogP) is 4.80. The number of nitrogens with one attached hydrogen (secondary N) is 1. The highest BCUT2D eigenvalue weighted by Gasteiger charge is 2.10. The van der Waals surface area contributed by atoms with E-state index in [1.807, 2.05) is 12.1 Å². The molecule has 0 fully saturated rings. The number of para-hydroxylation sites is 1. The maximum atomic E-state index is 9.52. The summed E-state index contributed by atoms with van der Waals surface area (Å²) in [5.41, 5.74) is 0.659. The Labute approximate surface area is 138 Å². The summed E-state index contributed by atoms with van der Waals surface area (Å²) in [6.07, 6.45) is -0.654. The van der Waals surface area contributed by atoms with Crippen molar-refractivity contribution in [2.24, 2.45) is 0 Å². The van der Waals surface area contributed by atoms with Crippen molar-refractivity contribution in [2.75, 3.05) is 17.7 Å². The van der Waals surface area contributed by atoms with Crippen molar-refractivity contribution in [2.45, 2.75) is 6.10 Å². The molecule has 0 heterocycles. The monoisotopic (exact) mass is 345 g/mol. The molecule has 0 bridgehead atoms. The largest absolute Gasteiger partial charge is 0.454 e. The van der Waals surface area contributed by atoms with Crippen LogP contribution in [0.4, 0.5) is 5.69 Å². The molecule has 0 aliphatic carbocycles. The molecule has 0 spiro atoms. The summed E-state index contributed by atoms with van der Waals surface area (Å²) in [7, 11) is 0. The van der Waals surface area contributed by atoms with Gasteiger partial charge in [-0.2, -0.15) is 0 Å². The zero-order valence-corrected chi connectivity index (χ0v) is 13.3. The van der Waals surface area contributed by atoms with Crippen molar-refractivity contribution in [3.05, 3.63) is 52.5 Å². The van der Waals surface area contributed by atoms with Gasteiger partial charge in [-0.05, 0) is 30.3 Å². The van der Waals surface area contributed by atoms with E-state index in [0.29, 0.717) is 33.8 Å². The average Bonchev–Trinajstić information content (AvgIpc) is 2.49. The van der Waals surface area contributed by atoms with E-state index in [0.717, 1.165) is 0 Å². The highest BCUT2D eigenvalue weighted by molar-refractivity contribution is 6.32. The quantitative estimate of drug-likeness (QED) is 0.738. The molecule has 2 rings (SSSR count). The van der Waals surface area contributed by atoms with Crippen LogP contribution in [0.1, 0.15) is 0 Å². The summed E-state index contributed by atoms with van der Waals surface area (Å²) >= 11 is 17.6. The summed E-state index contributed by atoms with van der Waals surface area (Å²) in [6, 6.07) is 12.4. The molecular formula is C15H14Cl3NO2. The second-order valence-electron chi connectivity index (χ2n) is 4.36. The van der Waals surface area contributed by atoms with E-state index in [2.05, 4.69) is 5.32 Å². The van der Waals surface area contributed by atoms with Crippen molar-refractivity contribution in [3.8, 4) is 11.5 Å². The molecule has 2 N–H and O–H groups in total. The molecule has 3 nitrogen and oxygen atoms in total. The minimum absolute atomic E-state index is 0.147. The number of anilines is 1. The first-order chi connectivity index (χ1) is 10.1. The first-order valence-corrected chi connectivity index (χ1v) is 7.59. The summed E-state index contributed by atoms with van der Waals surface area (Å²) < 4.78 is 5.79. The summed E-state index contributed by atoms with van der Waals surface area (Å²) in [6.45, 7) is 0.294. The first kappa shape index (κ1) is 16.2. The summed E-state index contributed by atoms with van der Waals surface area (Å²) in [5.74, 6) is 1.26. The fourth-order valence-electron chi connectivity index (χ4n) is 1.66. The number of hydrogen-bond donors (Lipinski definition) is 2. The molecule has 2 aromatic rings. The van der Waals surface area contributed by atoms with Crippen LogP contribution in [0.15, 0.2) is 42.5 Å².